The van der Waals surface area contributed by atoms with E-state index in [4.69, 9.17) is 10.5 Å². The van der Waals surface area contributed by atoms with Crippen molar-refractivity contribution >= 4 is 16.8 Å². The van der Waals surface area contributed by atoms with Gasteiger partial charge in [0.15, 0.2) is 0 Å². The zero-order chi connectivity index (χ0) is 12.3. The second-order valence-corrected chi connectivity index (χ2v) is 4.32. The van der Waals surface area contributed by atoms with Gasteiger partial charge in [0.1, 0.15) is 11.5 Å². The molecule has 0 saturated heterocycles. The molecule has 1 unspecified atom stereocenters. The number of rotatable bonds is 3. The molecular formula is C12H10NO3S-. The summed E-state index contributed by atoms with van der Waals surface area (Å²) >= 11 is -2.26. The Labute approximate surface area is 101 Å². The number of anilines is 1. The molecule has 1 atom stereocenters. The van der Waals surface area contributed by atoms with Crippen LogP contribution in [0.15, 0.2) is 53.4 Å². The van der Waals surface area contributed by atoms with Gasteiger partial charge in [0, 0.05) is 16.6 Å². The van der Waals surface area contributed by atoms with E-state index in [1.807, 2.05) is 0 Å². The van der Waals surface area contributed by atoms with Crippen molar-refractivity contribution < 1.29 is 13.5 Å². The molecule has 0 aliphatic heterocycles. The molecule has 88 valence electrons. The van der Waals surface area contributed by atoms with Crippen LogP contribution in [0.25, 0.3) is 0 Å². The summed E-state index contributed by atoms with van der Waals surface area (Å²) in [6, 6.07) is 13.2. The molecule has 0 saturated carbocycles. The Bertz CT molecular complexity index is 557. The third-order valence-electron chi connectivity index (χ3n) is 2.09. The molecule has 0 amide bonds. The monoisotopic (exact) mass is 248 g/mol. The molecule has 2 aromatic carbocycles. The highest BCUT2D eigenvalue weighted by molar-refractivity contribution is 7.79. The van der Waals surface area contributed by atoms with Gasteiger partial charge in [-0.1, -0.05) is 12.1 Å². The lowest BCUT2D eigenvalue weighted by Gasteiger charge is -2.09. The lowest BCUT2D eigenvalue weighted by Crippen LogP contribution is -1.91. The smallest absolute Gasteiger partial charge is 0.129 e. The Balaban J connectivity index is 2.24. The minimum atomic E-state index is -2.26. The summed E-state index contributed by atoms with van der Waals surface area (Å²) in [5.74, 6) is 1.02. The summed E-state index contributed by atoms with van der Waals surface area (Å²) in [5, 5.41) is 0. The highest BCUT2D eigenvalue weighted by Crippen LogP contribution is 2.24. The SMILES string of the molecule is Nc1cccc(Oc2cccc(S(=O)[O-])c2)c1. The molecular weight excluding hydrogens is 238 g/mol. The average molecular weight is 248 g/mol. The number of benzene rings is 2. The first-order valence-electron chi connectivity index (χ1n) is 4.88. The minimum Gasteiger partial charge on any atom is -0.768 e. The first-order chi connectivity index (χ1) is 8.15. The van der Waals surface area contributed by atoms with Gasteiger partial charge in [-0.25, -0.2) is 0 Å². The van der Waals surface area contributed by atoms with Gasteiger partial charge in [-0.15, -0.1) is 0 Å². The van der Waals surface area contributed by atoms with E-state index in [1.54, 1.807) is 36.4 Å². The third-order valence-corrected chi connectivity index (χ3v) is 2.73. The normalized spacial score (nSPS) is 12.1. The van der Waals surface area contributed by atoms with Crippen LogP contribution in [0, 0.1) is 0 Å². The molecule has 5 heteroatoms. The molecule has 2 rings (SSSR count). The molecule has 4 nitrogen and oxygen atoms in total. The summed E-state index contributed by atoms with van der Waals surface area (Å²) < 4.78 is 27.1. The Hall–Kier alpha value is -1.85. The standard InChI is InChI=1S/C12H11NO3S/c13-9-3-1-4-10(7-9)16-11-5-2-6-12(8-11)17(14)15/h1-8H,13H2,(H,14,15)/p-1. The molecule has 0 bridgehead atoms. The fourth-order valence-electron chi connectivity index (χ4n) is 1.36. The number of ether oxygens (including phenoxy) is 1. The lowest BCUT2D eigenvalue weighted by molar-refractivity contribution is 0.480. The summed E-state index contributed by atoms with van der Waals surface area (Å²) in [7, 11) is 0. The number of nitrogens with two attached hydrogens (primary N) is 1. The highest BCUT2D eigenvalue weighted by atomic mass is 32.2. The summed E-state index contributed by atoms with van der Waals surface area (Å²) in [6.45, 7) is 0. The Morgan fingerprint density at radius 3 is 2.35 bits per heavy atom. The maximum absolute atomic E-state index is 10.8. The summed E-state index contributed by atoms with van der Waals surface area (Å²) in [6.07, 6.45) is 0. The van der Waals surface area contributed by atoms with E-state index in [0.717, 1.165) is 0 Å². The predicted octanol–water partition coefficient (Wildman–Crippen LogP) is 2.30. The van der Waals surface area contributed by atoms with Gasteiger partial charge >= 0.3 is 0 Å². The van der Waals surface area contributed by atoms with E-state index in [2.05, 4.69) is 0 Å². The summed E-state index contributed by atoms with van der Waals surface area (Å²) in [4.78, 5) is 0.186. The second-order valence-electron chi connectivity index (χ2n) is 3.38. The molecule has 0 aliphatic rings. The molecule has 0 radical (unpaired) electrons. The van der Waals surface area contributed by atoms with Gasteiger partial charge in [-0.2, -0.15) is 0 Å². The van der Waals surface area contributed by atoms with Gasteiger partial charge in [0.25, 0.3) is 0 Å². The fourth-order valence-corrected chi connectivity index (χ4v) is 1.76. The molecule has 0 fully saturated rings. The van der Waals surface area contributed by atoms with Crippen LogP contribution < -0.4 is 10.5 Å². The zero-order valence-electron chi connectivity index (χ0n) is 8.83. The van der Waals surface area contributed by atoms with Gasteiger partial charge in [0.05, 0.1) is 0 Å². The molecule has 17 heavy (non-hydrogen) atoms. The van der Waals surface area contributed by atoms with Gasteiger partial charge in [-0.05, 0) is 41.4 Å². The molecule has 2 aromatic rings. The molecule has 0 aromatic heterocycles. The molecule has 0 spiro atoms. The lowest BCUT2D eigenvalue weighted by atomic mass is 10.3. The maximum Gasteiger partial charge on any atom is 0.129 e. The minimum absolute atomic E-state index is 0.186. The van der Waals surface area contributed by atoms with Gasteiger partial charge in [0.2, 0.25) is 0 Å². The van der Waals surface area contributed by atoms with Crippen molar-refractivity contribution in [3.05, 3.63) is 48.5 Å². The van der Waals surface area contributed by atoms with E-state index < -0.39 is 11.1 Å². The van der Waals surface area contributed by atoms with Crippen molar-refractivity contribution in [1.29, 1.82) is 0 Å². The van der Waals surface area contributed by atoms with Gasteiger partial charge < -0.3 is 15.0 Å². The fraction of sp³-hybridized carbons (Fsp3) is 0. The average Bonchev–Trinajstić information content (AvgIpc) is 2.29. The van der Waals surface area contributed by atoms with Crippen LogP contribution >= 0.6 is 0 Å². The highest BCUT2D eigenvalue weighted by Gasteiger charge is 1.99. The van der Waals surface area contributed by atoms with Crippen molar-refractivity contribution in [1.82, 2.24) is 0 Å². The Morgan fingerprint density at radius 2 is 1.71 bits per heavy atom. The van der Waals surface area contributed by atoms with Gasteiger partial charge in [-0.3, -0.25) is 4.21 Å². The van der Waals surface area contributed by atoms with Crippen molar-refractivity contribution in [2.24, 2.45) is 0 Å². The largest absolute Gasteiger partial charge is 0.768 e. The van der Waals surface area contributed by atoms with Crippen LogP contribution in [-0.2, 0) is 11.1 Å². The van der Waals surface area contributed by atoms with Crippen LogP contribution in [0.1, 0.15) is 0 Å². The number of hydrogen-bond donors (Lipinski definition) is 1. The number of nitrogen functional groups attached to an aromatic ring is 1. The summed E-state index contributed by atoms with van der Waals surface area (Å²) in [5.41, 5.74) is 6.20. The molecule has 0 aliphatic carbocycles. The number of hydrogen-bond acceptors (Lipinski definition) is 4. The van der Waals surface area contributed by atoms with E-state index in [0.29, 0.717) is 17.2 Å². The first kappa shape index (κ1) is 11.6. The van der Waals surface area contributed by atoms with Crippen molar-refractivity contribution in [3.8, 4) is 11.5 Å². The predicted molar refractivity (Wildman–Crippen MR) is 64.6 cm³/mol. The topological polar surface area (TPSA) is 75.4 Å². The van der Waals surface area contributed by atoms with Crippen molar-refractivity contribution in [2.45, 2.75) is 4.90 Å². The molecule has 0 heterocycles. The van der Waals surface area contributed by atoms with Crippen molar-refractivity contribution in [3.63, 3.8) is 0 Å². The van der Waals surface area contributed by atoms with Crippen molar-refractivity contribution in [2.75, 3.05) is 5.73 Å². The van der Waals surface area contributed by atoms with E-state index in [9.17, 15) is 8.76 Å². The Morgan fingerprint density at radius 1 is 1.06 bits per heavy atom. The van der Waals surface area contributed by atoms with Crippen LogP contribution in [0.2, 0.25) is 0 Å². The van der Waals surface area contributed by atoms with E-state index in [-0.39, 0.29) is 4.90 Å². The van der Waals surface area contributed by atoms with Crippen LogP contribution in [0.4, 0.5) is 5.69 Å². The quantitative estimate of drug-likeness (QED) is 0.668. The maximum atomic E-state index is 10.8. The zero-order valence-corrected chi connectivity index (χ0v) is 9.65. The first-order valence-corrected chi connectivity index (χ1v) is 5.95. The second kappa shape index (κ2) is 4.99. The van der Waals surface area contributed by atoms with Crippen LogP contribution in [-0.4, -0.2) is 8.76 Å². The van der Waals surface area contributed by atoms with E-state index >= 15 is 0 Å². The molecule has 2 N–H and O–H groups in total. The van der Waals surface area contributed by atoms with E-state index in [1.165, 1.54) is 12.1 Å². The third kappa shape index (κ3) is 3.05. The van der Waals surface area contributed by atoms with Crippen LogP contribution in [0.5, 0.6) is 11.5 Å². The Kier molecular flexibility index (Phi) is 3.41. The van der Waals surface area contributed by atoms with Crippen LogP contribution in [0.3, 0.4) is 0 Å².